The maximum Gasteiger partial charge on any atom is 0.213 e. The predicted molar refractivity (Wildman–Crippen MR) is 48.7 cm³/mol. The van der Waals surface area contributed by atoms with Crippen molar-refractivity contribution in [3.05, 3.63) is 0 Å². The quantitative estimate of drug-likeness (QED) is 0.572. The summed E-state index contributed by atoms with van der Waals surface area (Å²) < 4.78 is 0. The average molecular weight is 156 g/mol. The second kappa shape index (κ2) is 5.85. The van der Waals surface area contributed by atoms with E-state index in [1.165, 1.54) is 0 Å². The number of nitrogens with one attached hydrogen (secondary N) is 1. The summed E-state index contributed by atoms with van der Waals surface area (Å²) in [5.74, 6) is 0. The summed E-state index contributed by atoms with van der Waals surface area (Å²) in [7, 11) is 1.89. The molecule has 0 radical (unpaired) electrons. The van der Waals surface area contributed by atoms with Crippen LogP contribution in [-0.4, -0.2) is 30.9 Å². The van der Waals surface area contributed by atoms with Crippen molar-refractivity contribution in [2.75, 3.05) is 7.05 Å². The fraction of sp³-hybridized carbons (Fsp3) is 0.714. The lowest BCUT2D eigenvalue weighted by molar-refractivity contribution is 0.248. The molecular weight excluding hydrogens is 140 g/mol. The molecule has 1 N–H and O–H groups in total. The second-order valence-electron chi connectivity index (χ2n) is 1.77. The van der Waals surface area contributed by atoms with E-state index in [-0.39, 0.29) is 6.29 Å². The normalized spacial score (nSPS) is 23.1. The van der Waals surface area contributed by atoms with Gasteiger partial charge in [0.05, 0.1) is 0 Å². The van der Waals surface area contributed by atoms with Crippen LogP contribution in [0.3, 0.4) is 0 Å². The molecule has 1 aliphatic heterocycles. The van der Waals surface area contributed by atoms with Gasteiger partial charge in [-0.05, 0) is 13.1 Å². The second-order valence-corrected chi connectivity index (χ2v) is 1.77. The lowest BCUT2D eigenvalue weighted by Gasteiger charge is -2.11. The first kappa shape index (κ1) is 10.1. The van der Waals surface area contributed by atoms with Gasteiger partial charge in [-0.1, -0.05) is 13.8 Å². The maximum atomic E-state index is 4.05. The van der Waals surface area contributed by atoms with Crippen LogP contribution in [0.1, 0.15) is 20.8 Å². The van der Waals surface area contributed by atoms with Crippen molar-refractivity contribution in [1.82, 2.24) is 10.4 Å². The molecule has 0 bridgehead atoms. The Bertz CT molecular complexity index is 141. The Morgan fingerprint density at radius 2 is 2.27 bits per heavy atom. The minimum atomic E-state index is -0.0602. The number of hydrogen-bond acceptors (Lipinski definition) is 4. The molecule has 64 valence electrons. The zero-order chi connectivity index (χ0) is 8.69. The molecule has 1 heterocycles. The smallest absolute Gasteiger partial charge is 0.213 e. The minimum absolute atomic E-state index is 0.0602. The van der Waals surface area contributed by atoms with Gasteiger partial charge in [0.2, 0.25) is 6.29 Å². The van der Waals surface area contributed by atoms with E-state index in [1.54, 1.807) is 12.6 Å². The first-order valence-corrected chi connectivity index (χ1v) is 3.83. The highest BCUT2D eigenvalue weighted by atomic mass is 15.6. The summed E-state index contributed by atoms with van der Waals surface area (Å²) in [6.07, 6.45) is 3.32. The summed E-state index contributed by atoms with van der Waals surface area (Å²) in [5.41, 5.74) is 2.88. The van der Waals surface area contributed by atoms with Crippen molar-refractivity contribution in [3.8, 4) is 0 Å². The number of hydrogen-bond donors (Lipinski definition) is 1. The molecule has 0 saturated carbocycles. The van der Waals surface area contributed by atoms with E-state index in [2.05, 4.69) is 15.4 Å². The maximum absolute atomic E-state index is 4.05. The van der Waals surface area contributed by atoms with Crippen LogP contribution >= 0.6 is 0 Å². The lowest BCUT2D eigenvalue weighted by Crippen LogP contribution is -2.33. The van der Waals surface area contributed by atoms with Crippen LogP contribution in [0, 0.1) is 0 Å². The number of aliphatic imine (C=N–C) groups is 2. The van der Waals surface area contributed by atoms with E-state index in [4.69, 9.17) is 0 Å². The van der Waals surface area contributed by atoms with Gasteiger partial charge in [-0.15, -0.1) is 0 Å². The average Bonchev–Trinajstić information content (AvgIpc) is 2.42. The molecule has 0 aromatic carbocycles. The van der Waals surface area contributed by atoms with Crippen LogP contribution in [0.15, 0.2) is 9.98 Å². The Kier molecular flexibility index (Phi) is 5.37. The largest absolute Gasteiger partial charge is 0.306 e. The van der Waals surface area contributed by atoms with Gasteiger partial charge in [0.1, 0.15) is 6.34 Å². The van der Waals surface area contributed by atoms with Gasteiger partial charge in [-0.2, -0.15) is 5.01 Å². The highest BCUT2D eigenvalue weighted by Gasteiger charge is 2.12. The van der Waals surface area contributed by atoms with Gasteiger partial charge in [-0.25, -0.2) is 4.99 Å². The minimum Gasteiger partial charge on any atom is -0.306 e. The fourth-order valence-corrected chi connectivity index (χ4v) is 0.630. The number of hydrazine groups is 1. The van der Waals surface area contributed by atoms with Gasteiger partial charge in [-0.3, -0.25) is 4.99 Å². The molecule has 0 saturated heterocycles. The third kappa shape index (κ3) is 3.13. The van der Waals surface area contributed by atoms with Crippen LogP contribution in [-0.2, 0) is 0 Å². The van der Waals surface area contributed by atoms with E-state index in [0.29, 0.717) is 0 Å². The monoisotopic (exact) mass is 156 g/mol. The molecule has 1 atom stereocenters. The van der Waals surface area contributed by atoms with Gasteiger partial charge in [0.25, 0.3) is 0 Å². The predicted octanol–water partition coefficient (Wildman–Crippen LogP) is 0.865. The Balaban J connectivity index is 0.000000461. The highest BCUT2D eigenvalue weighted by molar-refractivity contribution is 5.57. The van der Waals surface area contributed by atoms with Crippen molar-refractivity contribution in [2.24, 2.45) is 9.98 Å². The van der Waals surface area contributed by atoms with Gasteiger partial charge < -0.3 is 5.43 Å². The third-order valence-electron chi connectivity index (χ3n) is 1.10. The summed E-state index contributed by atoms with van der Waals surface area (Å²) in [5, 5.41) is 1.82. The van der Waals surface area contributed by atoms with E-state index in [1.807, 2.05) is 32.8 Å². The lowest BCUT2D eigenvalue weighted by atomic mass is 10.8. The summed E-state index contributed by atoms with van der Waals surface area (Å²) in [4.78, 5) is 8.04. The molecular formula is C7H16N4. The van der Waals surface area contributed by atoms with Gasteiger partial charge in [0, 0.05) is 7.05 Å². The zero-order valence-corrected chi connectivity index (χ0v) is 7.57. The summed E-state index contributed by atoms with van der Waals surface area (Å²) in [6.45, 7) is 5.88. The van der Waals surface area contributed by atoms with Gasteiger partial charge in [0.15, 0.2) is 0 Å². The summed E-state index contributed by atoms with van der Waals surface area (Å²) in [6, 6.07) is 0. The van der Waals surface area contributed by atoms with Crippen LogP contribution in [0.5, 0.6) is 0 Å². The Labute approximate surface area is 68.0 Å². The molecule has 0 amide bonds. The first-order chi connectivity index (χ1) is 5.34. The molecule has 11 heavy (non-hydrogen) atoms. The topological polar surface area (TPSA) is 40.0 Å². The Morgan fingerprint density at radius 3 is 2.64 bits per heavy atom. The van der Waals surface area contributed by atoms with Crippen molar-refractivity contribution in [2.45, 2.75) is 27.1 Å². The van der Waals surface area contributed by atoms with Crippen LogP contribution < -0.4 is 5.43 Å². The molecule has 0 aliphatic carbocycles. The molecule has 4 heteroatoms. The molecule has 0 fully saturated rings. The van der Waals surface area contributed by atoms with Crippen LogP contribution in [0.4, 0.5) is 0 Å². The van der Waals surface area contributed by atoms with Crippen molar-refractivity contribution in [1.29, 1.82) is 0 Å². The first-order valence-electron chi connectivity index (χ1n) is 3.83. The number of rotatable bonds is 1. The fourth-order valence-electron chi connectivity index (χ4n) is 0.630. The standard InChI is InChI=1S/C5H10N4.C2H6/c1-3-6-5-7-4-8-9(5)2;1-2/h3-5H,1-2H3,(H,7,8);1-2H3/b6-3+;. The molecule has 0 aromatic rings. The molecule has 1 rings (SSSR count). The van der Waals surface area contributed by atoms with E-state index in [9.17, 15) is 0 Å². The van der Waals surface area contributed by atoms with E-state index < -0.39 is 0 Å². The van der Waals surface area contributed by atoms with Crippen molar-refractivity contribution >= 4 is 12.6 Å². The molecule has 4 nitrogen and oxygen atoms in total. The molecule has 0 spiro atoms. The van der Waals surface area contributed by atoms with Crippen molar-refractivity contribution in [3.63, 3.8) is 0 Å². The molecule has 1 aliphatic rings. The highest BCUT2D eigenvalue weighted by Crippen LogP contribution is 1.98. The zero-order valence-electron chi connectivity index (χ0n) is 7.57. The molecule has 1 unspecified atom stereocenters. The number of nitrogens with zero attached hydrogens (tertiary/aromatic N) is 3. The Morgan fingerprint density at radius 1 is 1.64 bits per heavy atom. The SMILES string of the molecule is C/C=N/C1N=CNN1C.CC. The third-order valence-corrected chi connectivity index (χ3v) is 1.10. The van der Waals surface area contributed by atoms with Crippen LogP contribution in [0.25, 0.3) is 0 Å². The van der Waals surface area contributed by atoms with Crippen molar-refractivity contribution < 1.29 is 0 Å². The van der Waals surface area contributed by atoms with E-state index in [0.717, 1.165) is 0 Å². The van der Waals surface area contributed by atoms with Gasteiger partial charge >= 0.3 is 0 Å². The Hall–Kier alpha value is -0.900. The van der Waals surface area contributed by atoms with Crippen LogP contribution in [0.2, 0.25) is 0 Å². The molecule has 0 aromatic heterocycles. The summed E-state index contributed by atoms with van der Waals surface area (Å²) >= 11 is 0. The van der Waals surface area contributed by atoms with E-state index >= 15 is 0 Å².